The monoisotopic (exact) mass is 567 g/mol. The fourth-order valence-electron chi connectivity index (χ4n) is 4.85. The highest BCUT2D eigenvalue weighted by Crippen LogP contribution is 2.38. The number of hydrogen-bond acceptors (Lipinski definition) is 9. The lowest BCUT2D eigenvalue weighted by Gasteiger charge is -2.33. The molecule has 0 spiro atoms. The zero-order valence-corrected chi connectivity index (χ0v) is 23.5. The molecule has 2 aromatic carbocycles. The lowest BCUT2D eigenvalue weighted by Crippen LogP contribution is -2.47. The SMILES string of the molecule is COc1cccc(N(C(=O)c2snc(C(N)=O)c2N)[C@H](C(=O)NC2CCCCC2)c2ccc(OC)c(OC)c2)c1. The third-order valence-corrected chi connectivity index (χ3v) is 7.74. The van der Waals surface area contributed by atoms with E-state index >= 15 is 0 Å². The number of amides is 3. The normalized spacial score (nSPS) is 14.2. The van der Waals surface area contributed by atoms with Crippen molar-refractivity contribution in [3.05, 3.63) is 58.6 Å². The molecule has 1 aliphatic rings. The van der Waals surface area contributed by atoms with E-state index in [1.54, 1.807) is 42.5 Å². The van der Waals surface area contributed by atoms with Crippen molar-refractivity contribution in [2.45, 2.75) is 44.2 Å². The zero-order chi connectivity index (χ0) is 28.8. The first-order valence-corrected chi connectivity index (χ1v) is 13.6. The maximum Gasteiger partial charge on any atom is 0.273 e. The second-order valence-corrected chi connectivity index (χ2v) is 10.1. The summed E-state index contributed by atoms with van der Waals surface area (Å²) in [4.78, 5) is 41.6. The highest BCUT2D eigenvalue weighted by atomic mass is 32.1. The molecule has 1 aliphatic carbocycles. The van der Waals surface area contributed by atoms with Gasteiger partial charge in [-0.1, -0.05) is 31.4 Å². The van der Waals surface area contributed by atoms with Crippen molar-refractivity contribution in [3.63, 3.8) is 0 Å². The molecule has 0 saturated heterocycles. The molecule has 12 heteroatoms. The van der Waals surface area contributed by atoms with Gasteiger partial charge in [-0.05, 0) is 54.2 Å². The summed E-state index contributed by atoms with van der Waals surface area (Å²) in [5.74, 6) is -0.532. The maximum atomic E-state index is 14.3. The quantitative estimate of drug-likeness (QED) is 0.335. The number of primary amides is 1. The summed E-state index contributed by atoms with van der Waals surface area (Å²) in [7, 11) is 4.51. The zero-order valence-electron chi connectivity index (χ0n) is 22.6. The van der Waals surface area contributed by atoms with Crippen LogP contribution in [0.4, 0.5) is 11.4 Å². The van der Waals surface area contributed by atoms with Crippen LogP contribution in [0.1, 0.15) is 63.9 Å². The van der Waals surface area contributed by atoms with Gasteiger partial charge in [0.15, 0.2) is 17.2 Å². The molecule has 3 aromatic rings. The molecule has 0 bridgehead atoms. The molecule has 1 atom stereocenters. The largest absolute Gasteiger partial charge is 0.497 e. The summed E-state index contributed by atoms with van der Waals surface area (Å²) in [6.07, 6.45) is 4.84. The molecule has 0 aliphatic heterocycles. The van der Waals surface area contributed by atoms with Crippen LogP contribution in [0.3, 0.4) is 0 Å². The Hall–Kier alpha value is -4.32. The maximum absolute atomic E-state index is 14.3. The number of aromatic nitrogens is 1. The predicted molar refractivity (Wildman–Crippen MR) is 152 cm³/mol. The van der Waals surface area contributed by atoms with Crippen LogP contribution < -0.4 is 35.9 Å². The average Bonchev–Trinajstić information content (AvgIpc) is 3.37. The fraction of sp³-hybridized carbons (Fsp3) is 0.357. The van der Waals surface area contributed by atoms with Gasteiger partial charge in [-0.15, -0.1) is 0 Å². The van der Waals surface area contributed by atoms with Gasteiger partial charge in [-0.2, -0.15) is 4.37 Å². The van der Waals surface area contributed by atoms with Crippen molar-refractivity contribution in [2.24, 2.45) is 5.73 Å². The molecule has 3 amide bonds. The first-order chi connectivity index (χ1) is 19.3. The van der Waals surface area contributed by atoms with E-state index in [0.717, 1.165) is 43.6 Å². The molecule has 0 unspecified atom stereocenters. The van der Waals surface area contributed by atoms with Crippen LogP contribution >= 0.6 is 11.5 Å². The number of nitrogens with two attached hydrogens (primary N) is 2. The molecule has 5 N–H and O–H groups in total. The molecule has 11 nitrogen and oxygen atoms in total. The van der Waals surface area contributed by atoms with Crippen LogP contribution in [0.5, 0.6) is 17.2 Å². The second kappa shape index (κ2) is 12.7. The van der Waals surface area contributed by atoms with Gasteiger partial charge < -0.3 is 31.0 Å². The molecule has 1 aromatic heterocycles. The van der Waals surface area contributed by atoms with Crippen molar-refractivity contribution in [1.82, 2.24) is 9.69 Å². The number of hydrogen-bond donors (Lipinski definition) is 3. The van der Waals surface area contributed by atoms with Gasteiger partial charge in [0.25, 0.3) is 11.8 Å². The summed E-state index contributed by atoms with van der Waals surface area (Å²) < 4.78 is 20.3. The van der Waals surface area contributed by atoms with E-state index in [-0.39, 0.29) is 28.2 Å². The Labute approximate surface area is 236 Å². The van der Waals surface area contributed by atoms with Gasteiger partial charge in [0, 0.05) is 17.8 Å². The van der Waals surface area contributed by atoms with E-state index in [0.29, 0.717) is 28.5 Å². The van der Waals surface area contributed by atoms with Crippen LogP contribution in [-0.2, 0) is 4.79 Å². The summed E-state index contributed by atoms with van der Waals surface area (Å²) >= 11 is 0.745. The number of benzene rings is 2. The summed E-state index contributed by atoms with van der Waals surface area (Å²) in [6, 6.07) is 10.6. The molecule has 1 heterocycles. The topological polar surface area (TPSA) is 159 Å². The Morgan fingerprint density at radius 2 is 1.73 bits per heavy atom. The minimum Gasteiger partial charge on any atom is -0.497 e. The molecule has 212 valence electrons. The number of rotatable bonds is 10. The molecular formula is C28H33N5O6S. The van der Waals surface area contributed by atoms with E-state index < -0.39 is 17.9 Å². The van der Waals surface area contributed by atoms with Crippen LogP contribution in [0.15, 0.2) is 42.5 Å². The second-order valence-electron chi connectivity index (χ2n) is 9.38. The van der Waals surface area contributed by atoms with Crippen LogP contribution in [0.2, 0.25) is 0 Å². The number of methoxy groups -OCH3 is 3. The summed E-state index contributed by atoms with van der Waals surface area (Å²) in [5, 5.41) is 3.15. The van der Waals surface area contributed by atoms with Crippen molar-refractivity contribution in [3.8, 4) is 17.2 Å². The first kappa shape index (κ1) is 28.7. The van der Waals surface area contributed by atoms with Gasteiger partial charge in [-0.3, -0.25) is 19.3 Å². The standard InChI is InChI=1S/C28H33N5O6S/c1-37-19-11-7-10-18(15-19)33(28(36)25-22(29)23(26(30)34)32-40-25)24(27(35)31-17-8-5-4-6-9-17)16-12-13-20(38-2)21(14-16)39-3/h7,10-15,17,24H,4-6,8-9,29H2,1-3H3,(H2,30,34)(H,31,35)/t24-/m0/s1. The highest BCUT2D eigenvalue weighted by molar-refractivity contribution is 7.09. The third kappa shape index (κ3) is 5.96. The molecular weight excluding hydrogens is 534 g/mol. The lowest BCUT2D eigenvalue weighted by molar-refractivity contribution is -0.123. The Morgan fingerprint density at radius 1 is 1.00 bits per heavy atom. The van der Waals surface area contributed by atoms with Crippen molar-refractivity contribution >= 4 is 40.6 Å². The Kier molecular flexibility index (Phi) is 9.10. The third-order valence-electron chi connectivity index (χ3n) is 6.89. The Morgan fingerprint density at radius 3 is 2.35 bits per heavy atom. The highest BCUT2D eigenvalue weighted by Gasteiger charge is 2.37. The minimum absolute atomic E-state index is 0.0208. The van der Waals surface area contributed by atoms with Crippen LogP contribution in [0, 0.1) is 0 Å². The number of nitrogens with zero attached hydrogens (tertiary/aromatic N) is 2. The number of ether oxygens (including phenoxy) is 3. The molecule has 1 saturated carbocycles. The fourth-order valence-corrected chi connectivity index (χ4v) is 5.59. The number of anilines is 2. The van der Waals surface area contributed by atoms with Crippen molar-refractivity contribution < 1.29 is 28.6 Å². The summed E-state index contributed by atoms with van der Waals surface area (Å²) in [6.45, 7) is 0. The number of carbonyl (C=O) groups is 3. The van der Waals surface area contributed by atoms with E-state index in [1.807, 2.05) is 0 Å². The van der Waals surface area contributed by atoms with Gasteiger partial charge in [-0.25, -0.2) is 0 Å². The average molecular weight is 568 g/mol. The number of nitrogens with one attached hydrogen (secondary N) is 1. The van der Waals surface area contributed by atoms with Crippen molar-refractivity contribution in [1.29, 1.82) is 0 Å². The van der Waals surface area contributed by atoms with Crippen LogP contribution in [-0.4, -0.2) is 49.5 Å². The molecule has 4 rings (SSSR count). The molecule has 1 fully saturated rings. The van der Waals surface area contributed by atoms with E-state index in [4.69, 9.17) is 25.7 Å². The van der Waals surface area contributed by atoms with E-state index in [2.05, 4.69) is 9.69 Å². The predicted octanol–water partition coefficient (Wildman–Crippen LogP) is 3.69. The van der Waals surface area contributed by atoms with Gasteiger partial charge in [0.2, 0.25) is 5.91 Å². The van der Waals surface area contributed by atoms with Crippen molar-refractivity contribution in [2.75, 3.05) is 32.0 Å². The molecule has 40 heavy (non-hydrogen) atoms. The van der Waals surface area contributed by atoms with E-state index in [9.17, 15) is 14.4 Å². The Bertz CT molecular complexity index is 1390. The first-order valence-electron chi connectivity index (χ1n) is 12.8. The number of nitrogen functional groups attached to an aromatic ring is 1. The van der Waals surface area contributed by atoms with Crippen LogP contribution in [0.25, 0.3) is 0 Å². The summed E-state index contributed by atoms with van der Waals surface area (Å²) in [5.41, 5.74) is 12.1. The Balaban J connectivity index is 1.90. The van der Waals surface area contributed by atoms with Gasteiger partial charge in [0.05, 0.1) is 27.0 Å². The molecule has 0 radical (unpaired) electrons. The number of carbonyl (C=O) groups excluding carboxylic acids is 3. The van der Waals surface area contributed by atoms with E-state index in [1.165, 1.54) is 26.2 Å². The smallest absolute Gasteiger partial charge is 0.273 e. The minimum atomic E-state index is -1.15. The van der Waals surface area contributed by atoms with Gasteiger partial charge >= 0.3 is 0 Å². The van der Waals surface area contributed by atoms with Gasteiger partial charge in [0.1, 0.15) is 16.7 Å². The lowest BCUT2D eigenvalue weighted by atomic mass is 9.94.